The molecule has 0 spiro atoms. The first-order chi connectivity index (χ1) is 16.1. The van der Waals surface area contributed by atoms with Crippen LogP contribution in [-0.4, -0.2) is 28.3 Å². The predicted molar refractivity (Wildman–Crippen MR) is 127 cm³/mol. The van der Waals surface area contributed by atoms with Gasteiger partial charge in [-0.25, -0.2) is 0 Å². The molecular weight excluding hydrogens is 486 g/mol. The van der Waals surface area contributed by atoms with Gasteiger partial charge in [0.15, 0.2) is 17.2 Å². The maximum absolute atomic E-state index is 12.6. The first kappa shape index (κ1) is 21.2. The summed E-state index contributed by atoms with van der Waals surface area (Å²) in [6, 6.07) is 22.8. The van der Waals surface area contributed by atoms with Crippen LogP contribution >= 0.6 is 15.9 Å². The average molecular weight is 506 g/mol. The molecule has 0 aliphatic carbocycles. The van der Waals surface area contributed by atoms with E-state index in [1.54, 1.807) is 22.8 Å². The van der Waals surface area contributed by atoms with Gasteiger partial charge in [-0.2, -0.15) is 0 Å². The SMILES string of the molecule is O=C(N=Nc1c(O)n(CCc2ccccc2)c2ccc(Br)cc12)[C@@H]1COc2ccccc2O1. The molecule has 1 N–H and O–H groups in total. The standard InChI is InChI=1S/C25H20BrN3O4/c26-17-10-11-19-18(14-17)23(25(31)29(19)13-12-16-6-2-1-3-7-16)27-28-24(30)22-15-32-20-8-4-5-9-21(20)33-22/h1-11,14,22,31H,12-13,15H2/t22-/m0/s1. The largest absolute Gasteiger partial charge is 0.493 e. The van der Waals surface area contributed by atoms with Gasteiger partial charge < -0.3 is 19.1 Å². The van der Waals surface area contributed by atoms with Crippen molar-refractivity contribution >= 4 is 38.4 Å². The predicted octanol–water partition coefficient (Wildman–Crippen LogP) is 5.80. The summed E-state index contributed by atoms with van der Waals surface area (Å²) in [6.07, 6.45) is -0.167. The zero-order valence-corrected chi connectivity index (χ0v) is 19.1. The van der Waals surface area contributed by atoms with Crippen molar-refractivity contribution in [2.75, 3.05) is 6.61 Å². The zero-order chi connectivity index (χ0) is 22.8. The third-order valence-electron chi connectivity index (χ3n) is 5.47. The molecule has 8 heteroatoms. The summed E-state index contributed by atoms with van der Waals surface area (Å²) < 4.78 is 13.9. The van der Waals surface area contributed by atoms with Gasteiger partial charge in [-0.15, -0.1) is 10.2 Å². The minimum atomic E-state index is -0.899. The van der Waals surface area contributed by atoms with Crippen LogP contribution in [0.4, 0.5) is 5.69 Å². The molecule has 33 heavy (non-hydrogen) atoms. The van der Waals surface area contributed by atoms with Crippen LogP contribution in [0.5, 0.6) is 17.4 Å². The Morgan fingerprint density at radius 3 is 2.64 bits per heavy atom. The number of nitrogens with zero attached hydrogens (tertiary/aromatic N) is 3. The Hall–Kier alpha value is -3.65. The quantitative estimate of drug-likeness (QED) is 0.347. The Morgan fingerprint density at radius 1 is 1.06 bits per heavy atom. The molecule has 1 aliphatic rings. The fourth-order valence-electron chi connectivity index (χ4n) is 3.81. The van der Waals surface area contributed by atoms with Crippen LogP contribution in [0.1, 0.15) is 5.56 Å². The molecule has 1 amide bonds. The van der Waals surface area contributed by atoms with Crippen LogP contribution in [0, 0.1) is 0 Å². The number of azo groups is 1. The van der Waals surface area contributed by atoms with E-state index < -0.39 is 12.0 Å². The molecule has 4 aromatic rings. The molecule has 2 heterocycles. The van der Waals surface area contributed by atoms with Gasteiger partial charge in [0.1, 0.15) is 6.61 Å². The number of hydrogen-bond donors (Lipinski definition) is 1. The van der Waals surface area contributed by atoms with E-state index in [2.05, 4.69) is 26.2 Å². The number of para-hydroxylation sites is 2. The molecule has 0 saturated carbocycles. The third kappa shape index (κ3) is 4.34. The van der Waals surface area contributed by atoms with E-state index in [-0.39, 0.29) is 18.2 Å². The summed E-state index contributed by atoms with van der Waals surface area (Å²) in [4.78, 5) is 12.6. The number of aryl methyl sites for hydroxylation is 2. The lowest BCUT2D eigenvalue weighted by molar-refractivity contribution is -0.127. The summed E-state index contributed by atoms with van der Waals surface area (Å²) in [7, 11) is 0. The molecule has 1 aliphatic heterocycles. The Labute approximate surface area is 198 Å². The normalized spacial score (nSPS) is 15.2. The van der Waals surface area contributed by atoms with Crippen molar-refractivity contribution in [1.29, 1.82) is 0 Å². The van der Waals surface area contributed by atoms with Crippen LogP contribution in [0.3, 0.4) is 0 Å². The minimum Gasteiger partial charge on any atom is -0.493 e. The summed E-state index contributed by atoms with van der Waals surface area (Å²) >= 11 is 3.47. The van der Waals surface area contributed by atoms with Gasteiger partial charge in [0.25, 0.3) is 0 Å². The highest BCUT2D eigenvalue weighted by Gasteiger charge is 2.27. The van der Waals surface area contributed by atoms with Gasteiger partial charge in [-0.1, -0.05) is 58.4 Å². The number of halogens is 1. The highest BCUT2D eigenvalue weighted by molar-refractivity contribution is 9.10. The number of aromatic nitrogens is 1. The fourth-order valence-corrected chi connectivity index (χ4v) is 4.17. The van der Waals surface area contributed by atoms with Crippen molar-refractivity contribution in [3.63, 3.8) is 0 Å². The fraction of sp³-hybridized carbons (Fsp3) is 0.160. The topological polar surface area (TPSA) is 85.4 Å². The second-order valence-corrected chi connectivity index (χ2v) is 8.54. The Morgan fingerprint density at radius 2 is 1.82 bits per heavy atom. The van der Waals surface area contributed by atoms with E-state index in [0.29, 0.717) is 23.4 Å². The lowest BCUT2D eigenvalue weighted by atomic mass is 10.1. The molecule has 166 valence electrons. The first-order valence-corrected chi connectivity index (χ1v) is 11.3. The number of carbonyl (C=O) groups is 1. The number of rotatable bonds is 5. The smallest absolute Gasteiger partial charge is 0.308 e. The molecule has 1 aromatic heterocycles. The van der Waals surface area contributed by atoms with Crippen LogP contribution in [0.25, 0.3) is 10.9 Å². The van der Waals surface area contributed by atoms with E-state index in [1.807, 2.05) is 54.6 Å². The van der Waals surface area contributed by atoms with Gasteiger partial charge in [-0.3, -0.25) is 4.79 Å². The molecule has 0 saturated heterocycles. The summed E-state index contributed by atoms with van der Waals surface area (Å²) in [6.45, 7) is 0.596. The highest BCUT2D eigenvalue weighted by atomic mass is 79.9. The number of hydrogen-bond acceptors (Lipinski definition) is 5. The maximum atomic E-state index is 12.6. The average Bonchev–Trinajstić information content (AvgIpc) is 3.11. The molecule has 7 nitrogen and oxygen atoms in total. The highest BCUT2D eigenvalue weighted by Crippen LogP contribution is 2.40. The molecular formula is C25H20BrN3O4. The van der Waals surface area contributed by atoms with E-state index >= 15 is 0 Å². The van der Waals surface area contributed by atoms with Crippen molar-refractivity contribution in [2.24, 2.45) is 10.2 Å². The van der Waals surface area contributed by atoms with Gasteiger partial charge in [-0.05, 0) is 42.3 Å². The number of carbonyl (C=O) groups excluding carboxylic acids is 1. The lowest BCUT2D eigenvalue weighted by Crippen LogP contribution is -2.35. The number of amides is 1. The number of aromatic hydroxyl groups is 1. The van der Waals surface area contributed by atoms with Crippen molar-refractivity contribution in [1.82, 2.24) is 4.57 Å². The van der Waals surface area contributed by atoms with E-state index in [1.165, 1.54) is 0 Å². The summed E-state index contributed by atoms with van der Waals surface area (Å²) in [5.74, 6) is 0.454. The number of ether oxygens (including phenoxy) is 2. The van der Waals surface area contributed by atoms with E-state index in [9.17, 15) is 9.90 Å². The van der Waals surface area contributed by atoms with Gasteiger partial charge in [0.2, 0.25) is 12.0 Å². The molecule has 0 unspecified atom stereocenters. The monoisotopic (exact) mass is 505 g/mol. The Kier molecular flexibility index (Phi) is 5.83. The van der Waals surface area contributed by atoms with Crippen molar-refractivity contribution in [3.05, 3.63) is 82.8 Å². The van der Waals surface area contributed by atoms with Gasteiger partial charge >= 0.3 is 5.91 Å². The lowest BCUT2D eigenvalue weighted by Gasteiger charge is -2.23. The molecule has 1 atom stereocenters. The van der Waals surface area contributed by atoms with Crippen molar-refractivity contribution < 1.29 is 19.4 Å². The zero-order valence-electron chi connectivity index (χ0n) is 17.5. The molecule has 0 bridgehead atoms. The first-order valence-electron chi connectivity index (χ1n) is 10.5. The van der Waals surface area contributed by atoms with Gasteiger partial charge in [0.05, 0.1) is 5.52 Å². The third-order valence-corrected chi connectivity index (χ3v) is 5.96. The summed E-state index contributed by atoms with van der Waals surface area (Å²) in [5.41, 5.74) is 2.20. The molecule has 5 rings (SSSR count). The maximum Gasteiger partial charge on any atom is 0.308 e. The van der Waals surface area contributed by atoms with Crippen molar-refractivity contribution in [3.8, 4) is 17.4 Å². The number of benzene rings is 3. The van der Waals surface area contributed by atoms with Crippen LogP contribution in [0.15, 0.2) is 87.5 Å². The van der Waals surface area contributed by atoms with Gasteiger partial charge in [0, 0.05) is 16.4 Å². The Bertz CT molecular complexity index is 1350. The Balaban J connectivity index is 1.41. The molecule has 3 aromatic carbocycles. The second kappa shape index (κ2) is 9.07. The van der Waals surface area contributed by atoms with E-state index in [0.717, 1.165) is 22.0 Å². The molecule has 0 radical (unpaired) electrons. The number of fused-ring (bicyclic) bond motifs is 2. The second-order valence-electron chi connectivity index (χ2n) is 7.62. The molecule has 0 fully saturated rings. The summed E-state index contributed by atoms with van der Waals surface area (Å²) in [5, 5.41) is 19.6. The minimum absolute atomic E-state index is 0.0401. The van der Waals surface area contributed by atoms with Crippen LogP contribution in [0.2, 0.25) is 0 Å². The van der Waals surface area contributed by atoms with Crippen molar-refractivity contribution in [2.45, 2.75) is 19.1 Å². The van der Waals surface area contributed by atoms with E-state index in [4.69, 9.17) is 9.47 Å². The van der Waals surface area contributed by atoms with Crippen LogP contribution < -0.4 is 9.47 Å². The van der Waals surface area contributed by atoms with Crippen LogP contribution in [-0.2, 0) is 17.8 Å².